The first-order chi connectivity index (χ1) is 14.5. The summed E-state index contributed by atoms with van der Waals surface area (Å²) in [5.41, 5.74) is 1.51. The van der Waals surface area contributed by atoms with E-state index in [1.54, 1.807) is 24.3 Å². The maximum atomic E-state index is 13.2. The van der Waals surface area contributed by atoms with Crippen molar-refractivity contribution < 1.29 is 23.5 Å². The summed E-state index contributed by atoms with van der Waals surface area (Å²) >= 11 is 0. The number of amides is 2. The van der Waals surface area contributed by atoms with E-state index < -0.39 is 24.3 Å². The summed E-state index contributed by atoms with van der Waals surface area (Å²) in [6.45, 7) is -0.234. The van der Waals surface area contributed by atoms with Gasteiger partial charge in [-0.15, -0.1) is 0 Å². The number of rotatable bonds is 7. The second kappa shape index (κ2) is 9.97. The van der Waals surface area contributed by atoms with Crippen LogP contribution in [0, 0.1) is 5.82 Å². The largest absolute Gasteiger partial charge is 0.452 e. The van der Waals surface area contributed by atoms with Crippen LogP contribution in [-0.2, 0) is 16.1 Å². The Morgan fingerprint density at radius 2 is 1.60 bits per heavy atom. The monoisotopic (exact) mass is 406 g/mol. The second-order valence-electron chi connectivity index (χ2n) is 6.35. The number of carbonyl (C=O) groups excluding carboxylic acids is 3. The smallest absolute Gasteiger partial charge is 0.338 e. The maximum Gasteiger partial charge on any atom is 0.338 e. The zero-order chi connectivity index (χ0) is 21.3. The second-order valence-corrected chi connectivity index (χ2v) is 6.35. The average Bonchev–Trinajstić information content (AvgIpc) is 2.77. The Bertz CT molecular complexity index is 1050. The fraction of sp³-hybridized carbons (Fsp3) is 0.0870. The van der Waals surface area contributed by atoms with Gasteiger partial charge in [-0.2, -0.15) is 0 Å². The summed E-state index contributed by atoms with van der Waals surface area (Å²) in [6.07, 6.45) is 0. The third kappa shape index (κ3) is 5.75. The van der Waals surface area contributed by atoms with E-state index in [1.165, 1.54) is 18.2 Å². The molecular weight excluding hydrogens is 387 g/mol. The number of hydrogen-bond acceptors (Lipinski definition) is 4. The van der Waals surface area contributed by atoms with Crippen molar-refractivity contribution in [2.75, 3.05) is 11.9 Å². The summed E-state index contributed by atoms with van der Waals surface area (Å²) in [6, 6.07) is 20.9. The van der Waals surface area contributed by atoms with Gasteiger partial charge in [-0.25, -0.2) is 9.18 Å². The van der Waals surface area contributed by atoms with E-state index in [0.717, 1.165) is 11.6 Å². The highest BCUT2D eigenvalue weighted by atomic mass is 19.1. The molecule has 30 heavy (non-hydrogen) atoms. The van der Waals surface area contributed by atoms with Crippen molar-refractivity contribution in [2.45, 2.75) is 6.54 Å². The number of halogens is 1. The normalized spacial score (nSPS) is 10.2. The fourth-order valence-corrected chi connectivity index (χ4v) is 2.68. The fourth-order valence-electron chi connectivity index (χ4n) is 2.68. The van der Waals surface area contributed by atoms with Gasteiger partial charge in [-0.1, -0.05) is 48.5 Å². The number of anilines is 1. The van der Waals surface area contributed by atoms with E-state index in [2.05, 4.69) is 10.6 Å². The Hall–Kier alpha value is -4.00. The molecule has 0 bridgehead atoms. The van der Waals surface area contributed by atoms with Crippen molar-refractivity contribution in [3.63, 3.8) is 0 Å². The third-order valence-electron chi connectivity index (χ3n) is 4.14. The highest BCUT2D eigenvalue weighted by Crippen LogP contribution is 2.15. The van der Waals surface area contributed by atoms with E-state index in [-0.39, 0.29) is 22.7 Å². The first kappa shape index (κ1) is 20.7. The molecule has 7 heteroatoms. The van der Waals surface area contributed by atoms with E-state index in [4.69, 9.17) is 4.74 Å². The summed E-state index contributed by atoms with van der Waals surface area (Å²) in [5, 5.41) is 5.35. The number of esters is 1. The van der Waals surface area contributed by atoms with Crippen LogP contribution >= 0.6 is 0 Å². The van der Waals surface area contributed by atoms with Crippen LogP contribution in [0.25, 0.3) is 0 Å². The molecule has 0 saturated carbocycles. The van der Waals surface area contributed by atoms with Crippen LogP contribution in [0.15, 0.2) is 78.9 Å². The predicted octanol–water partition coefficient (Wildman–Crippen LogP) is 3.55. The van der Waals surface area contributed by atoms with Gasteiger partial charge in [0.2, 0.25) is 0 Å². The molecule has 0 aliphatic heterocycles. The van der Waals surface area contributed by atoms with Crippen molar-refractivity contribution in [2.24, 2.45) is 0 Å². The lowest BCUT2D eigenvalue weighted by Gasteiger charge is -2.12. The predicted molar refractivity (Wildman–Crippen MR) is 109 cm³/mol. The molecule has 3 rings (SSSR count). The summed E-state index contributed by atoms with van der Waals surface area (Å²) in [4.78, 5) is 36.6. The molecule has 0 radical (unpaired) electrons. The molecule has 0 aliphatic rings. The summed E-state index contributed by atoms with van der Waals surface area (Å²) < 4.78 is 18.1. The number of para-hydroxylation sites is 1. The first-order valence-electron chi connectivity index (χ1n) is 9.16. The molecule has 0 atom stereocenters. The van der Waals surface area contributed by atoms with Crippen LogP contribution in [0.2, 0.25) is 0 Å². The van der Waals surface area contributed by atoms with Gasteiger partial charge in [0.15, 0.2) is 6.61 Å². The number of ether oxygens (including phenoxy) is 1. The van der Waals surface area contributed by atoms with Crippen molar-refractivity contribution in [3.8, 4) is 0 Å². The number of benzene rings is 3. The van der Waals surface area contributed by atoms with Crippen LogP contribution in [0.5, 0.6) is 0 Å². The van der Waals surface area contributed by atoms with Crippen molar-refractivity contribution in [1.29, 1.82) is 0 Å². The topological polar surface area (TPSA) is 84.5 Å². The molecule has 6 nitrogen and oxygen atoms in total. The quantitative estimate of drug-likeness (QED) is 0.588. The molecule has 3 aromatic carbocycles. The van der Waals surface area contributed by atoms with Gasteiger partial charge in [0.1, 0.15) is 5.82 Å². The molecule has 0 saturated heterocycles. The zero-order valence-corrected chi connectivity index (χ0v) is 15.9. The lowest BCUT2D eigenvalue weighted by atomic mass is 10.1. The molecule has 0 aliphatic carbocycles. The molecule has 0 heterocycles. The SMILES string of the molecule is O=C(COC(=O)c1cccc(F)c1)Nc1ccccc1C(=O)NCc1ccccc1. The Morgan fingerprint density at radius 1 is 0.867 bits per heavy atom. The van der Waals surface area contributed by atoms with Crippen LogP contribution < -0.4 is 10.6 Å². The van der Waals surface area contributed by atoms with Crippen molar-refractivity contribution in [3.05, 3.63) is 101 Å². The van der Waals surface area contributed by atoms with E-state index >= 15 is 0 Å². The van der Waals surface area contributed by atoms with Gasteiger partial charge >= 0.3 is 5.97 Å². The van der Waals surface area contributed by atoms with Crippen LogP contribution in [0.3, 0.4) is 0 Å². The minimum absolute atomic E-state index is 0.00323. The standard InChI is InChI=1S/C23H19FN2O4/c24-18-10-6-9-17(13-18)23(29)30-15-21(27)26-20-12-5-4-11-19(20)22(28)25-14-16-7-2-1-3-8-16/h1-13H,14-15H2,(H,25,28)(H,26,27). The zero-order valence-electron chi connectivity index (χ0n) is 15.9. The molecule has 0 spiro atoms. The Kier molecular flexibility index (Phi) is 6.89. The summed E-state index contributed by atoms with van der Waals surface area (Å²) in [7, 11) is 0. The highest BCUT2D eigenvalue weighted by molar-refractivity contribution is 6.04. The highest BCUT2D eigenvalue weighted by Gasteiger charge is 2.15. The lowest BCUT2D eigenvalue weighted by molar-refractivity contribution is -0.119. The average molecular weight is 406 g/mol. The van der Waals surface area contributed by atoms with E-state index in [1.807, 2.05) is 30.3 Å². The van der Waals surface area contributed by atoms with Crippen LogP contribution in [0.1, 0.15) is 26.3 Å². The number of hydrogen-bond donors (Lipinski definition) is 2. The maximum absolute atomic E-state index is 13.2. The van der Waals surface area contributed by atoms with Gasteiger partial charge in [0.05, 0.1) is 16.8 Å². The Balaban J connectivity index is 1.57. The lowest BCUT2D eigenvalue weighted by Crippen LogP contribution is -2.26. The molecule has 0 fully saturated rings. The third-order valence-corrected chi connectivity index (χ3v) is 4.14. The minimum atomic E-state index is -0.821. The molecule has 152 valence electrons. The molecule has 0 aromatic heterocycles. The minimum Gasteiger partial charge on any atom is -0.452 e. The first-order valence-corrected chi connectivity index (χ1v) is 9.16. The van der Waals surface area contributed by atoms with Crippen molar-refractivity contribution >= 4 is 23.5 Å². The molecule has 2 N–H and O–H groups in total. The number of carbonyl (C=O) groups is 3. The van der Waals surface area contributed by atoms with Gasteiger partial charge in [-0.05, 0) is 35.9 Å². The number of nitrogens with one attached hydrogen (secondary N) is 2. The van der Waals surface area contributed by atoms with Gasteiger partial charge < -0.3 is 15.4 Å². The van der Waals surface area contributed by atoms with Crippen molar-refractivity contribution in [1.82, 2.24) is 5.32 Å². The van der Waals surface area contributed by atoms with Crippen LogP contribution in [0.4, 0.5) is 10.1 Å². The Labute approximate surface area is 172 Å². The van der Waals surface area contributed by atoms with Gasteiger partial charge in [0.25, 0.3) is 11.8 Å². The molecular formula is C23H19FN2O4. The van der Waals surface area contributed by atoms with Gasteiger partial charge in [-0.3, -0.25) is 9.59 Å². The van der Waals surface area contributed by atoms with Crippen LogP contribution in [-0.4, -0.2) is 24.4 Å². The van der Waals surface area contributed by atoms with E-state index in [9.17, 15) is 18.8 Å². The van der Waals surface area contributed by atoms with Gasteiger partial charge in [0, 0.05) is 6.54 Å². The molecule has 2 amide bonds. The van der Waals surface area contributed by atoms with E-state index in [0.29, 0.717) is 6.54 Å². The molecule has 0 unspecified atom stereocenters. The summed E-state index contributed by atoms with van der Waals surface area (Å²) in [5.74, 6) is -2.38. The Morgan fingerprint density at radius 3 is 2.37 bits per heavy atom. The molecule has 3 aromatic rings.